The highest BCUT2D eigenvalue weighted by molar-refractivity contribution is 5.96. The molecule has 1 atom stereocenters. The number of aliphatic imine (C=N–C) groups is 1. The van der Waals surface area contributed by atoms with Crippen LogP contribution in [0.4, 0.5) is 4.39 Å². The standard InChI is InChI=1S/C25H26FN5O4/c26-18-11-9-16(10-12-18)19-6-2-1-5-17(19)15-31-14-4-7-20(23(31)33)22(32)30-21(24(34)35)8-3-13-29-25(27)28/h1-2,4-7,9-12,14,21H,3,8,13,15H2,(H,30,32)(H,34,35)(H4,27,28,29)/t21-/m0/s1. The summed E-state index contributed by atoms with van der Waals surface area (Å²) in [5.41, 5.74) is 12.2. The van der Waals surface area contributed by atoms with Crippen LogP contribution in [-0.2, 0) is 11.3 Å². The summed E-state index contributed by atoms with van der Waals surface area (Å²) in [4.78, 5) is 41.2. The van der Waals surface area contributed by atoms with Crippen LogP contribution in [-0.4, -0.2) is 40.1 Å². The molecule has 0 saturated carbocycles. The minimum absolute atomic E-state index is 0.0872. The summed E-state index contributed by atoms with van der Waals surface area (Å²) in [7, 11) is 0. The van der Waals surface area contributed by atoms with Gasteiger partial charge in [0.05, 0.1) is 6.54 Å². The lowest BCUT2D eigenvalue weighted by atomic mass is 9.99. The third-order valence-electron chi connectivity index (χ3n) is 5.33. The maximum absolute atomic E-state index is 13.3. The fraction of sp³-hybridized carbons (Fsp3) is 0.200. The van der Waals surface area contributed by atoms with Gasteiger partial charge in [0.2, 0.25) is 0 Å². The molecule has 3 aromatic rings. The molecule has 0 aliphatic carbocycles. The molecule has 1 amide bonds. The SMILES string of the molecule is NC(N)=NCCC[C@H](NC(=O)c1cccn(Cc2ccccc2-c2ccc(F)cc2)c1=O)C(=O)O. The Bertz CT molecular complexity index is 1280. The number of halogens is 1. The summed E-state index contributed by atoms with van der Waals surface area (Å²) in [6.07, 6.45) is 1.96. The van der Waals surface area contributed by atoms with Crippen LogP contribution in [0.3, 0.4) is 0 Å². The third-order valence-corrected chi connectivity index (χ3v) is 5.33. The number of amides is 1. The van der Waals surface area contributed by atoms with Crippen molar-refractivity contribution in [2.75, 3.05) is 6.54 Å². The predicted octanol–water partition coefficient (Wildman–Crippen LogP) is 1.94. The number of nitrogens with one attached hydrogen (secondary N) is 1. The molecule has 0 aliphatic rings. The van der Waals surface area contributed by atoms with Gasteiger partial charge in [0.1, 0.15) is 17.4 Å². The van der Waals surface area contributed by atoms with Gasteiger partial charge in [0.15, 0.2) is 5.96 Å². The maximum Gasteiger partial charge on any atom is 0.326 e. The van der Waals surface area contributed by atoms with Gasteiger partial charge in [-0.05, 0) is 53.8 Å². The summed E-state index contributed by atoms with van der Waals surface area (Å²) >= 11 is 0. The van der Waals surface area contributed by atoms with E-state index in [1.807, 2.05) is 24.3 Å². The number of nitrogens with two attached hydrogens (primary N) is 2. The molecule has 0 spiro atoms. The number of carboxylic acids is 1. The smallest absolute Gasteiger partial charge is 0.326 e. The first kappa shape index (κ1) is 25.2. The normalized spacial score (nSPS) is 11.5. The number of hydrogen-bond donors (Lipinski definition) is 4. The van der Waals surface area contributed by atoms with E-state index in [9.17, 15) is 23.9 Å². The number of nitrogens with zero attached hydrogens (tertiary/aromatic N) is 2. The van der Waals surface area contributed by atoms with E-state index in [-0.39, 0.29) is 36.9 Å². The van der Waals surface area contributed by atoms with Gasteiger partial charge in [-0.2, -0.15) is 0 Å². The van der Waals surface area contributed by atoms with Gasteiger partial charge in [0.25, 0.3) is 11.5 Å². The van der Waals surface area contributed by atoms with Crippen molar-refractivity contribution in [2.24, 2.45) is 16.5 Å². The summed E-state index contributed by atoms with van der Waals surface area (Å²) in [6, 6.07) is 15.1. The topological polar surface area (TPSA) is 153 Å². The fourth-order valence-corrected chi connectivity index (χ4v) is 3.58. The van der Waals surface area contributed by atoms with E-state index < -0.39 is 23.5 Å². The second-order valence-corrected chi connectivity index (χ2v) is 7.83. The minimum Gasteiger partial charge on any atom is -0.480 e. The van der Waals surface area contributed by atoms with Crippen molar-refractivity contribution >= 4 is 17.8 Å². The zero-order chi connectivity index (χ0) is 25.4. The quantitative estimate of drug-likeness (QED) is 0.198. The van der Waals surface area contributed by atoms with E-state index in [4.69, 9.17) is 11.5 Å². The molecule has 10 heteroatoms. The number of carboxylic acid groups (broad SMARTS) is 1. The number of pyridine rings is 1. The van der Waals surface area contributed by atoms with Crippen molar-refractivity contribution in [3.63, 3.8) is 0 Å². The molecular weight excluding hydrogens is 453 g/mol. The van der Waals surface area contributed by atoms with Gasteiger partial charge in [-0.15, -0.1) is 0 Å². The van der Waals surface area contributed by atoms with Crippen molar-refractivity contribution in [3.05, 3.63) is 94.2 Å². The Kier molecular flexibility index (Phi) is 8.33. The highest BCUT2D eigenvalue weighted by Gasteiger charge is 2.22. The number of guanidine groups is 1. The van der Waals surface area contributed by atoms with Crippen molar-refractivity contribution in [2.45, 2.75) is 25.4 Å². The molecule has 35 heavy (non-hydrogen) atoms. The van der Waals surface area contributed by atoms with E-state index in [1.165, 1.54) is 22.8 Å². The number of rotatable bonds is 10. The number of carbonyl (C=O) groups excluding carboxylic acids is 1. The van der Waals surface area contributed by atoms with Crippen molar-refractivity contribution < 1.29 is 19.1 Å². The van der Waals surface area contributed by atoms with Crippen LogP contribution >= 0.6 is 0 Å². The fourth-order valence-electron chi connectivity index (χ4n) is 3.58. The van der Waals surface area contributed by atoms with Gasteiger partial charge >= 0.3 is 5.97 Å². The Morgan fingerprint density at radius 3 is 2.46 bits per heavy atom. The van der Waals surface area contributed by atoms with E-state index in [0.29, 0.717) is 6.42 Å². The lowest BCUT2D eigenvalue weighted by Crippen LogP contribution is -2.43. The molecule has 3 rings (SSSR count). The molecule has 0 aliphatic heterocycles. The van der Waals surface area contributed by atoms with Crippen LogP contribution in [0.15, 0.2) is 76.6 Å². The first-order valence-electron chi connectivity index (χ1n) is 10.9. The molecule has 2 aromatic carbocycles. The third kappa shape index (κ3) is 6.76. The lowest BCUT2D eigenvalue weighted by Gasteiger charge is -2.15. The highest BCUT2D eigenvalue weighted by Crippen LogP contribution is 2.24. The average Bonchev–Trinajstić information content (AvgIpc) is 2.83. The molecule has 6 N–H and O–H groups in total. The molecule has 0 radical (unpaired) electrons. The zero-order valence-corrected chi connectivity index (χ0v) is 18.9. The van der Waals surface area contributed by atoms with E-state index in [1.54, 1.807) is 24.4 Å². The Balaban J connectivity index is 1.80. The zero-order valence-electron chi connectivity index (χ0n) is 18.9. The van der Waals surface area contributed by atoms with E-state index in [2.05, 4.69) is 10.3 Å². The summed E-state index contributed by atoms with van der Waals surface area (Å²) in [5, 5.41) is 11.8. The summed E-state index contributed by atoms with van der Waals surface area (Å²) < 4.78 is 14.7. The van der Waals surface area contributed by atoms with Gasteiger partial charge in [-0.1, -0.05) is 36.4 Å². The number of aromatic nitrogens is 1. The van der Waals surface area contributed by atoms with E-state index >= 15 is 0 Å². The second kappa shape index (κ2) is 11.6. The Labute approximate surface area is 200 Å². The van der Waals surface area contributed by atoms with Crippen molar-refractivity contribution in [1.82, 2.24) is 9.88 Å². The van der Waals surface area contributed by atoms with Crippen molar-refractivity contribution in [1.29, 1.82) is 0 Å². The molecule has 0 fully saturated rings. The largest absolute Gasteiger partial charge is 0.480 e. The van der Waals surface area contributed by atoms with Crippen molar-refractivity contribution in [3.8, 4) is 11.1 Å². The van der Waals surface area contributed by atoms with Gasteiger partial charge in [0, 0.05) is 12.7 Å². The first-order valence-corrected chi connectivity index (χ1v) is 10.9. The molecule has 0 saturated heterocycles. The van der Waals surface area contributed by atoms with Crippen LogP contribution < -0.4 is 22.3 Å². The molecular formula is C25H26FN5O4. The molecule has 9 nitrogen and oxygen atoms in total. The minimum atomic E-state index is -1.23. The summed E-state index contributed by atoms with van der Waals surface area (Å²) in [6.45, 7) is 0.377. The van der Waals surface area contributed by atoms with Gasteiger partial charge < -0.3 is 26.5 Å². The van der Waals surface area contributed by atoms with Gasteiger partial charge in [-0.25, -0.2) is 9.18 Å². The van der Waals surface area contributed by atoms with E-state index in [0.717, 1.165) is 16.7 Å². The number of hydrogen-bond acceptors (Lipinski definition) is 4. The lowest BCUT2D eigenvalue weighted by molar-refractivity contribution is -0.139. The summed E-state index contributed by atoms with van der Waals surface area (Å²) in [5.74, 6) is -2.47. The first-order chi connectivity index (χ1) is 16.8. The van der Waals surface area contributed by atoms with Crippen LogP contribution in [0.25, 0.3) is 11.1 Å². The Morgan fingerprint density at radius 1 is 1.06 bits per heavy atom. The average molecular weight is 480 g/mol. The maximum atomic E-state index is 13.3. The molecule has 182 valence electrons. The van der Waals surface area contributed by atoms with Crippen LogP contribution in [0.1, 0.15) is 28.8 Å². The Hall–Kier alpha value is -4.47. The van der Waals surface area contributed by atoms with Crippen LogP contribution in [0.2, 0.25) is 0 Å². The molecule has 0 bridgehead atoms. The number of carbonyl (C=O) groups is 2. The molecule has 1 heterocycles. The number of aliphatic carboxylic acids is 1. The van der Waals surface area contributed by atoms with Crippen LogP contribution in [0.5, 0.6) is 0 Å². The Morgan fingerprint density at radius 2 is 1.77 bits per heavy atom. The highest BCUT2D eigenvalue weighted by atomic mass is 19.1. The molecule has 1 aromatic heterocycles. The van der Waals surface area contributed by atoms with Crippen LogP contribution in [0, 0.1) is 5.82 Å². The predicted molar refractivity (Wildman–Crippen MR) is 130 cm³/mol. The van der Waals surface area contributed by atoms with Gasteiger partial charge in [-0.3, -0.25) is 14.6 Å². The monoisotopic (exact) mass is 479 g/mol. The second-order valence-electron chi connectivity index (χ2n) is 7.83. The molecule has 0 unspecified atom stereocenters. The number of benzene rings is 2.